The minimum absolute atomic E-state index is 0.210. The third-order valence-corrected chi connectivity index (χ3v) is 6.30. The van der Waals surface area contributed by atoms with E-state index in [-0.39, 0.29) is 4.32 Å². The van der Waals surface area contributed by atoms with Crippen molar-refractivity contribution < 1.29 is 24.2 Å². The maximum atomic E-state index is 12.8. The monoisotopic (exact) mass is 491 g/mol. The zero-order valence-corrected chi connectivity index (χ0v) is 19.7. The van der Waals surface area contributed by atoms with Crippen molar-refractivity contribution in [2.24, 2.45) is 0 Å². The minimum atomic E-state index is -1.12. The normalized spacial score (nSPS) is 14.5. The highest BCUT2D eigenvalue weighted by Gasteiger charge is 2.33. The molecule has 1 N–H and O–H groups in total. The minimum Gasteiger partial charge on any atom is -0.489 e. The maximum absolute atomic E-state index is 12.8. The van der Waals surface area contributed by atoms with Gasteiger partial charge in [0.15, 0.2) is 0 Å². The van der Waals surface area contributed by atoms with Crippen LogP contribution in [0.3, 0.4) is 0 Å². The van der Waals surface area contributed by atoms with Crippen LogP contribution in [0.15, 0.2) is 83.8 Å². The molecule has 4 rings (SSSR count). The van der Waals surface area contributed by atoms with Crippen molar-refractivity contribution in [1.82, 2.24) is 4.90 Å². The largest absolute Gasteiger partial charge is 0.489 e. The van der Waals surface area contributed by atoms with Crippen LogP contribution in [0, 0.1) is 0 Å². The molecule has 0 bridgehead atoms. The lowest BCUT2D eigenvalue weighted by molar-refractivity contribution is -0.140. The van der Waals surface area contributed by atoms with E-state index < -0.39 is 18.4 Å². The number of carbonyl (C=O) groups is 2. The standard InChI is InChI=1S/C26H21NO5S2/c28-24(29)15-27-25(30)23(34-26(27)33)14-20-13-21(31-16-18-7-3-1-4-8-18)11-12-22(20)32-17-19-9-5-2-6-10-19/h1-14H,15-17H2,(H,28,29). The lowest BCUT2D eigenvalue weighted by Crippen LogP contribution is -2.33. The number of rotatable bonds is 9. The molecule has 172 valence electrons. The molecule has 34 heavy (non-hydrogen) atoms. The maximum Gasteiger partial charge on any atom is 0.323 e. The van der Waals surface area contributed by atoms with Gasteiger partial charge in [-0.05, 0) is 35.4 Å². The Kier molecular flexibility index (Phi) is 7.61. The number of nitrogens with zero attached hydrogens (tertiary/aromatic N) is 1. The number of benzene rings is 3. The van der Waals surface area contributed by atoms with E-state index in [1.54, 1.807) is 18.2 Å². The molecule has 1 amide bonds. The van der Waals surface area contributed by atoms with E-state index in [0.29, 0.717) is 35.2 Å². The van der Waals surface area contributed by atoms with Gasteiger partial charge >= 0.3 is 5.97 Å². The Morgan fingerprint density at radius 1 is 0.941 bits per heavy atom. The molecule has 1 aliphatic rings. The second-order valence-electron chi connectivity index (χ2n) is 7.41. The van der Waals surface area contributed by atoms with Gasteiger partial charge in [0, 0.05) is 5.56 Å². The van der Waals surface area contributed by atoms with Crippen molar-refractivity contribution in [3.05, 3.63) is 100 Å². The Morgan fingerprint density at radius 3 is 2.18 bits per heavy atom. The van der Waals surface area contributed by atoms with E-state index in [1.165, 1.54) is 0 Å². The highest BCUT2D eigenvalue weighted by Crippen LogP contribution is 2.35. The first-order chi connectivity index (χ1) is 16.5. The van der Waals surface area contributed by atoms with Gasteiger partial charge in [-0.3, -0.25) is 14.5 Å². The number of ether oxygens (including phenoxy) is 2. The third-order valence-electron chi connectivity index (χ3n) is 4.92. The molecule has 1 fully saturated rings. The van der Waals surface area contributed by atoms with Crippen LogP contribution in [0.4, 0.5) is 0 Å². The zero-order valence-electron chi connectivity index (χ0n) is 18.0. The lowest BCUT2D eigenvalue weighted by Gasteiger charge is -2.13. The van der Waals surface area contributed by atoms with Crippen LogP contribution in [0.5, 0.6) is 11.5 Å². The van der Waals surface area contributed by atoms with E-state index in [9.17, 15) is 9.59 Å². The average Bonchev–Trinajstić information content (AvgIpc) is 3.10. The molecule has 6 nitrogen and oxygen atoms in total. The van der Waals surface area contributed by atoms with Crippen LogP contribution < -0.4 is 9.47 Å². The van der Waals surface area contributed by atoms with Crippen molar-refractivity contribution in [3.63, 3.8) is 0 Å². The molecule has 8 heteroatoms. The van der Waals surface area contributed by atoms with Gasteiger partial charge in [0.2, 0.25) is 0 Å². The van der Waals surface area contributed by atoms with Crippen LogP contribution in [-0.2, 0) is 22.8 Å². The van der Waals surface area contributed by atoms with Gasteiger partial charge in [-0.25, -0.2) is 0 Å². The highest BCUT2D eigenvalue weighted by atomic mass is 32.2. The number of hydrogen-bond donors (Lipinski definition) is 1. The Bertz CT molecular complexity index is 1230. The number of carboxylic acid groups (broad SMARTS) is 1. The number of aliphatic carboxylic acids is 1. The number of carboxylic acids is 1. The number of carbonyl (C=O) groups excluding carboxylic acids is 1. The fraction of sp³-hybridized carbons (Fsp3) is 0.115. The predicted molar refractivity (Wildman–Crippen MR) is 136 cm³/mol. The van der Waals surface area contributed by atoms with Crippen LogP contribution in [0.2, 0.25) is 0 Å². The molecule has 0 saturated carbocycles. The van der Waals surface area contributed by atoms with Crippen LogP contribution in [-0.4, -0.2) is 32.7 Å². The molecule has 0 spiro atoms. The summed E-state index contributed by atoms with van der Waals surface area (Å²) in [5.41, 5.74) is 2.67. The topological polar surface area (TPSA) is 76.1 Å². The zero-order chi connectivity index (χ0) is 23.9. The molecular weight excluding hydrogens is 470 g/mol. The smallest absolute Gasteiger partial charge is 0.323 e. The SMILES string of the molecule is O=C(O)CN1C(=O)C(=Cc2cc(OCc3ccccc3)ccc2OCc2ccccc2)SC1=S. The summed E-state index contributed by atoms with van der Waals surface area (Å²) in [4.78, 5) is 25.3. The van der Waals surface area contributed by atoms with Gasteiger partial charge in [-0.15, -0.1) is 0 Å². The van der Waals surface area contributed by atoms with Crippen LogP contribution in [0.1, 0.15) is 16.7 Å². The Hall–Kier alpha value is -3.62. The molecule has 1 heterocycles. The quantitative estimate of drug-likeness (QED) is 0.328. The third kappa shape index (κ3) is 6.03. The summed E-state index contributed by atoms with van der Waals surface area (Å²) in [5.74, 6) is -0.384. The van der Waals surface area contributed by atoms with Gasteiger partial charge in [-0.2, -0.15) is 0 Å². The first-order valence-corrected chi connectivity index (χ1v) is 11.7. The summed E-state index contributed by atoms with van der Waals surface area (Å²) < 4.78 is 12.2. The van der Waals surface area contributed by atoms with Gasteiger partial charge in [0.25, 0.3) is 5.91 Å². The Labute approximate surface area is 206 Å². The number of thioether (sulfide) groups is 1. The number of thiocarbonyl (C=S) groups is 1. The fourth-order valence-corrected chi connectivity index (χ4v) is 4.50. The van der Waals surface area contributed by atoms with Gasteiger partial charge in [0.05, 0.1) is 4.91 Å². The first kappa shape index (κ1) is 23.5. The van der Waals surface area contributed by atoms with Gasteiger partial charge < -0.3 is 14.6 Å². The molecule has 0 aromatic heterocycles. The van der Waals surface area contributed by atoms with Gasteiger partial charge in [-0.1, -0.05) is 84.6 Å². The molecule has 1 saturated heterocycles. The van der Waals surface area contributed by atoms with E-state index >= 15 is 0 Å². The molecule has 0 unspecified atom stereocenters. The van der Waals surface area contributed by atoms with Crippen molar-refractivity contribution >= 4 is 46.3 Å². The second-order valence-corrected chi connectivity index (χ2v) is 9.09. The molecule has 0 atom stereocenters. The number of amides is 1. The van der Waals surface area contributed by atoms with E-state index in [0.717, 1.165) is 27.8 Å². The summed E-state index contributed by atoms with van der Waals surface area (Å²) in [7, 11) is 0. The number of hydrogen-bond acceptors (Lipinski definition) is 6. The summed E-state index contributed by atoms with van der Waals surface area (Å²) in [6, 6.07) is 25.0. The summed E-state index contributed by atoms with van der Waals surface area (Å²) in [6.45, 7) is 0.275. The van der Waals surface area contributed by atoms with Crippen LogP contribution >= 0.6 is 24.0 Å². The molecule has 0 radical (unpaired) electrons. The molecule has 1 aliphatic heterocycles. The summed E-state index contributed by atoms with van der Waals surface area (Å²) in [6.07, 6.45) is 1.66. The molecule has 3 aromatic carbocycles. The predicted octanol–water partition coefficient (Wildman–Crippen LogP) is 5.13. The first-order valence-electron chi connectivity index (χ1n) is 10.4. The molecule has 3 aromatic rings. The molecular formula is C26H21NO5S2. The average molecular weight is 492 g/mol. The lowest BCUT2D eigenvalue weighted by atomic mass is 10.1. The van der Waals surface area contributed by atoms with Crippen molar-refractivity contribution in [2.75, 3.05) is 6.54 Å². The van der Waals surface area contributed by atoms with Crippen molar-refractivity contribution in [3.8, 4) is 11.5 Å². The van der Waals surface area contributed by atoms with Crippen molar-refractivity contribution in [2.45, 2.75) is 13.2 Å². The van der Waals surface area contributed by atoms with Gasteiger partial charge in [0.1, 0.15) is 35.6 Å². The molecule has 0 aliphatic carbocycles. The summed E-state index contributed by atoms with van der Waals surface area (Å²) in [5, 5.41) is 9.08. The van der Waals surface area contributed by atoms with E-state index in [2.05, 4.69) is 0 Å². The Morgan fingerprint density at radius 2 is 1.56 bits per heavy atom. The highest BCUT2D eigenvalue weighted by molar-refractivity contribution is 8.26. The van der Waals surface area contributed by atoms with E-state index in [4.69, 9.17) is 26.8 Å². The van der Waals surface area contributed by atoms with Crippen molar-refractivity contribution in [1.29, 1.82) is 0 Å². The Balaban J connectivity index is 1.59. The second kappa shape index (κ2) is 11.0. The fourth-order valence-electron chi connectivity index (χ4n) is 3.25. The van der Waals surface area contributed by atoms with Crippen LogP contribution in [0.25, 0.3) is 6.08 Å². The summed E-state index contributed by atoms with van der Waals surface area (Å²) >= 11 is 6.27. The van der Waals surface area contributed by atoms with E-state index in [1.807, 2.05) is 66.7 Å².